The number of nitrogens with zero attached hydrogens (tertiary/aromatic N) is 3. The molecule has 3 N–H and O–H groups in total. The third-order valence-corrected chi connectivity index (χ3v) is 4.43. The Morgan fingerprint density at radius 1 is 1.37 bits per heavy atom. The number of aromatic nitrogens is 4. The summed E-state index contributed by atoms with van der Waals surface area (Å²) in [7, 11) is 0. The van der Waals surface area contributed by atoms with Crippen LogP contribution in [0, 0.1) is 0 Å². The summed E-state index contributed by atoms with van der Waals surface area (Å²) in [6.45, 7) is 1.93. The number of aromatic amines is 1. The molecule has 0 fully saturated rings. The van der Waals surface area contributed by atoms with Crippen LogP contribution in [0.5, 0.6) is 0 Å². The summed E-state index contributed by atoms with van der Waals surface area (Å²) in [4.78, 5) is 16.7. The lowest BCUT2D eigenvalue weighted by Crippen LogP contribution is -2.29. The van der Waals surface area contributed by atoms with Crippen molar-refractivity contribution in [1.29, 1.82) is 0 Å². The Hall–Kier alpha value is -2.42. The van der Waals surface area contributed by atoms with Gasteiger partial charge < -0.3 is 15.2 Å². The normalized spacial score (nSPS) is 12.9. The fourth-order valence-corrected chi connectivity index (χ4v) is 3.07. The van der Waals surface area contributed by atoms with Crippen LogP contribution in [0.2, 0.25) is 5.02 Å². The molecule has 3 aromatic rings. The predicted octanol–water partition coefficient (Wildman–Crippen LogP) is 2.15. The van der Waals surface area contributed by atoms with Gasteiger partial charge in [0.2, 0.25) is 11.7 Å². The van der Waals surface area contributed by atoms with Crippen molar-refractivity contribution in [2.45, 2.75) is 19.4 Å². The number of carbonyl (C=O) groups is 1. The van der Waals surface area contributed by atoms with Gasteiger partial charge in [0.1, 0.15) is 0 Å². The maximum absolute atomic E-state index is 12.3. The van der Waals surface area contributed by atoms with E-state index in [9.17, 15) is 4.79 Å². The van der Waals surface area contributed by atoms with Gasteiger partial charge >= 0.3 is 0 Å². The monoisotopic (exact) mass is 408 g/mol. The molecule has 1 aliphatic heterocycles. The Labute approximate surface area is 166 Å². The number of benzene rings is 1. The van der Waals surface area contributed by atoms with Gasteiger partial charge in [-0.2, -0.15) is 10.1 Å². The van der Waals surface area contributed by atoms with E-state index in [-0.39, 0.29) is 18.3 Å². The van der Waals surface area contributed by atoms with Crippen LogP contribution in [0.25, 0.3) is 11.4 Å². The van der Waals surface area contributed by atoms with E-state index in [1.54, 1.807) is 12.1 Å². The Kier molecular flexibility index (Phi) is 6.10. The predicted molar refractivity (Wildman–Crippen MR) is 102 cm³/mol. The quantitative estimate of drug-likeness (QED) is 0.596. The van der Waals surface area contributed by atoms with Crippen LogP contribution in [-0.4, -0.2) is 39.3 Å². The number of hydrogen-bond acceptors (Lipinski definition) is 6. The number of H-pyrrole nitrogens is 1. The zero-order chi connectivity index (χ0) is 17.9. The minimum Gasteiger partial charge on any atom is -0.350 e. The van der Waals surface area contributed by atoms with Crippen LogP contribution in [0.15, 0.2) is 28.8 Å². The Morgan fingerprint density at radius 2 is 2.26 bits per heavy atom. The van der Waals surface area contributed by atoms with E-state index in [0.29, 0.717) is 41.9 Å². The summed E-state index contributed by atoms with van der Waals surface area (Å²) in [6, 6.07) is 7.24. The molecule has 0 saturated heterocycles. The molecule has 1 aliphatic rings. The maximum Gasteiger partial charge on any atom is 0.272 e. The minimum atomic E-state index is -0.208. The lowest BCUT2D eigenvalue weighted by Gasteiger charge is -2.12. The number of nitrogens with one attached hydrogen (secondary N) is 3. The third kappa shape index (κ3) is 4.29. The molecule has 1 aromatic carbocycles. The number of carbonyl (C=O) groups excluding carboxylic acids is 1. The van der Waals surface area contributed by atoms with E-state index in [1.165, 1.54) is 0 Å². The van der Waals surface area contributed by atoms with Crippen molar-refractivity contribution in [3.63, 3.8) is 0 Å². The number of amides is 1. The van der Waals surface area contributed by atoms with Crippen molar-refractivity contribution < 1.29 is 9.32 Å². The molecular formula is C17H18Cl2N6O2. The SMILES string of the molecule is Cl.O=C(NCCc1nc(-c2cccc(Cl)c2)no1)c1n[nH]c2c1CNCC2. The first kappa shape index (κ1) is 19.3. The fourth-order valence-electron chi connectivity index (χ4n) is 2.88. The van der Waals surface area contributed by atoms with E-state index >= 15 is 0 Å². The number of halogens is 2. The van der Waals surface area contributed by atoms with E-state index in [2.05, 4.69) is 31.0 Å². The Bertz CT molecular complexity index is 939. The molecule has 0 bridgehead atoms. The molecule has 0 radical (unpaired) electrons. The first-order valence-electron chi connectivity index (χ1n) is 8.34. The van der Waals surface area contributed by atoms with Gasteiger partial charge in [-0.15, -0.1) is 12.4 Å². The Morgan fingerprint density at radius 3 is 3.11 bits per heavy atom. The van der Waals surface area contributed by atoms with Gasteiger partial charge in [0.15, 0.2) is 5.69 Å². The molecule has 0 atom stereocenters. The van der Waals surface area contributed by atoms with Crippen LogP contribution in [-0.2, 0) is 19.4 Å². The summed E-state index contributed by atoms with van der Waals surface area (Å²) in [5.41, 5.74) is 3.19. The van der Waals surface area contributed by atoms with Crippen molar-refractivity contribution in [3.8, 4) is 11.4 Å². The van der Waals surface area contributed by atoms with Crippen molar-refractivity contribution in [2.24, 2.45) is 0 Å². The van der Waals surface area contributed by atoms with Gasteiger partial charge in [0, 0.05) is 54.3 Å². The van der Waals surface area contributed by atoms with Crippen LogP contribution in [0.4, 0.5) is 0 Å². The van der Waals surface area contributed by atoms with Crippen molar-refractivity contribution >= 4 is 29.9 Å². The molecule has 4 rings (SSSR count). The first-order chi connectivity index (χ1) is 12.7. The summed E-state index contributed by atoms with van der Waals surface area (Å²) in [6.07, 6.45) is 1.29. The Balaban J connectivity index is 0.00000210. The molecule has 0 unspecified atom stereocenters. The van der Waals surface area contributed by atoms with E-state index in [4.69, 9.17) is 16.1 Å². The third-order valence-electron chi connectivity index (χ3n) is 4.20. The van der Waals surface area contributed by atoms with Gasteiger partial charge in [0.05, 0.1) is 0 Å². The van der Waals surface area contributed by atoms with Gasteiger partial charge in [-0.1, -0.05) is 28.9 Å². The molecule has 10 heteroatoms. The largest absolute Gasteiger partial charge is 0.350 e. The summed E-state index contributed by atoms with van der Waals surface area (Å²) in [5.74, 6) is 0.716. The van der Waals surface area contributed by atoms with E-state index in [1.807, 2.05) is 12.1 Å². The molecule has 27 heavy (non-hydrogen) atoms. The van der Waals surface area contributed by atoms with Crippen LogP contribution in [0.3, 0.4) is 0 Å². The number of hydrogen-bond donors (Lipinski definition) is 3. The van der Waals surface area contributed by atoms with Crippen molar-refractivity contribution in [2.75, 3.05) is 13.1 Å². The second-order valence-corrected chi connectivity index (χ2v) is 6.42. The number of fused-ring (bicyclic) bond motifs is 1. The lowest BCUT2D eigenvalue weighted by molar-refractivity contribution is 0.0947. The molecule has 2 aromatic heterocycles. The average Bonchev–Trinajstić information content (AvgIpc) is 3.29. The fraction of sp³-hybridized carbons (Fsp3) is 0.294. The van der Waals surface area contributed by atoms with E-state index in [0.717, 1.165) is 29.8 Å². The molecule has 142 valence electrons. The molecule has 3 heterocycles. The lowest BCUT2D eigenvalue weighted by atomic mass is 10.1. The average molecular weight is 409 g/mol. The zero-order valence-corrected chi connectivity index (χ0v) is 15.9. The highest BCUT2D eigenvalue weighted by molar-refractivity contribution is 6.30. The van der Waals surface area contributed by atoms with Gasteiger partial charge in [-0.25, -0.2) is 0 Å². The standard InChI is InChI=1S/C17H17ClN6O2.ClH/c18-11-3-1-2-10(8-11)16-21-14(26-24-16)5-7-20-17(25)15-12-9-19-6-4-13(12)22-23-15;/h1-3,8,19H,4-7,9H2,(H,20,25)(H,22,23);1H. The maximum atomic E-state index is 12.3. The highest BCUT2D eigenvalue weighted by Crippen LogP contribution is 2.20. The van der Waals surface area contributed by atoms with Gasteiger partial charge in [0.25, 0.3) is 5.91 Å². The van der Waals surface area contributed by atoms with Crippen LogP contribution >= 0.6 is 24.0 Å². The highest BCUT2D eigenvalue weighted by Gasteiger charge is 2.21. The summed E-state index contributed by atoms with van der Waals surface area (Å²) < 4.78 is 5.23. The topological polar surface area (TPSA) is 109 Å². The second-order valence-electron chi connectivity index (χ2n) is 5.98. The zero-order valence-electron chi connectivity index (χ0n) is 14.3. The molecule has 0 spiro atoms. The summed E-state index contributed by atoms with van der Waals surface area (Å²) in [5, 5.41) is 17.7. The first-order valence-corrected chi connectivity index (χ1v) is 8.72. The molecule has 1 amide bonds. The van der Waals surface area contributed by atoms with Gasteiger partial charge in [-0.05, 0) is 12.1 Å². The summed E-state index contributed by atoms with van der Waals surface area (Å²) >= 11 is 5.97. The highest BCUT2D eigenvalue weighted by atomic mass is 35.5. The molecule has 0 saturated carbocycles. The van der Waals surface area contributed by atoms with Crippen molar-refractivity contribution in [1.82, 2.24) is 31.0 Å². The van der Waals surface area contributed by atoms with E-state index < -0.39 is 0 Å². The van der Waals surface area contributed by atoms with Gasteiger partial charge in [-0.3, -0.25) is 9.89 Å². The number of rotatable bonds is 5. The van der Waals surface area contributed by atoms with Crippen LogP contribution in [0.1, 0.15) is 27.6 Å². The molecular weight excluding hydrogens is 391 g/mol. The molecule has 0 aliphatic carbocycles. The molecule has 8 nitrogen and oxygen atoms in total. The van der Waals surface area contributed by atoms with Crippen LogP contribution < -0.4 is 10.6 Å². The van der Waals surface area contributed by atoms with Crippen molar-refractivity contribution in [3.05, 3.63) is 52.1 Å². The second kappa shape index (κ2) is 8.51. The smallest absolute Gasteiger partial charge is 0.272 e. The minimum absolute atomic E-state index is 0.